The molecule has 5 rings (SSSR count). The van der Waals surface area contributed by atoms with Crippen molar-refractivity contribution in [1.29, 1.82) is 0 Å². The lowest BCUT2D eigenvalue weighted by atomic mass is 9.45. The van der Waals surface area contributed by atoms with E-state index in [0.29, 0.717) is 60.0 Å². The number of allylic oxidation sites excluding steroid dienone is 5. The number of nitrogens with one attached hydrogen (secondary N) is 1. The third-order valence-electron chi connectivity index (χ3n) is 11.2. The number of carbonyl (C=O) groups excluding carboxylic acids is 4. The molecule has 0 aromatic carbocycles. The maximum atomic E-state index is 13.0. The first-order valence-electron chi connectivity index (χ1n) is 15.3. The molecule has 3 fully saturated rings. The Balaban J connectivity index is 1.29. The number of amides is 1. The Bertz CT molecular complexity index is 1200. The van der Waals surface area contributed by atoms with Crippen molar-refractivity contribution < 1.29 is 24.0 Å². The van der Waals surface area contributed by atoms with Gasteiger partial charge in [0.05, 0.1) is 5.71 Å². The summed E-state index contributed by atoms with van der Waals surface area (Å²) in [5.41, 5.74) is 3.71. The van der Waals surface area contributed by atoms with E-state index in [-0.39, 0.29) is 16.7 Å². The van der Waals surface area contributed by atoms with Crippen LogP contribution in [-0.4, -0.2) is 36.2 Å². The molecular weight excluding hydrogens is 504 g/mol. The maximum Gasteiger partial charge on any atom is 0.433 e. The lowest BCUT2D eigenvalue weighted by Gasteiger charge is -2.59. The summed E-state index contributed by atoms with van der Waals surface area (Å²) in [5.74, 6) is 2.55. The molecule has 7 heteroatoms. The third-order valence-corrected chi connectivity index (χ3v) is 11.2. The van der Waals surface area contributed by atoms with Gasteiger partial charge in [0, 0.05) is 30.9 Å². The van der Waals surface area contributed by atoms with Gasteiger partial charge in [0.25, 0.3) is 0 Å². The predicted octanol–water partition coefficient (Wildman–Crippen LogP) is 6.43. The van der Waals surface area contributed by atoms with Gasteiger partial charge in [-0.25, -0.2) is 4.79 Å². The maximum absolute atomic E-state index is 13.0. The first-order valence-corrected chi connectivity index (χ1v) is 15.3. The topological polar surface area (TPSA) is 102 Å². The van der Waals surface area contributed by atoms with Crippen molar-refractivity contribution in [1.82, 2.24) is 5.32 Å². The number of carbonyl (C=O) groups is 4. The van der Waals surface area contributed by atoms with Gasteiger partial charge in [0.15, 0.2) is 5.78 Å². The van der Waals surface area contributed by atoms with Gasteiger partial charge in [-0.3, -0.25) is 19.2 Å². The minimum atomic E-state index is -0.609. The number of nitrogens with zero attached hydrogens (tertiary/aromatic N) is 1. The smallest absolute Gasteiger partial charge is 0.320 e. The average Bonchev–Trinajstić information content (AvgIpc) is 3.33. The van der Waals surface area contributed by atoms with Crippen LogP contribution in [0.3, 0.4) is 0 Å². The van der Waals surface area contributed by atoms with E-state index >= 15 is 0 Å². The van der Waals surface area contributed by atoms with Gasteiger partial charge in [-0.15, -0.1) is 0 Å². The summed E-state index contributed by atoms with van der Waals surface area (Å²) < 4.78 is 0. The highest BCUT2D eigenvalue weighted by Crippen LogP contribution is 2.68. The van der Waals surface area contributed by atoms with Crippen LogP contribution >= 0.6 is 0 Å². The van der Waals surface area contributed by atoms with E-state index in [1.54, 1.807) is 19.9 Å². The van der Waals surface area contributed by atoms with Crippen LogP contribution in [0.4, 0.5) is 4.79 Å². The number of aldehydes is 1. The molecule has 0 spiro atoms. The van der Waals surface area contributed by atoms with E-state index in [1.165, 1.54) is 5.57 Å². The second-order valence-corrected chi connectivity index (χ2v) is 13.0. The summed E-state index contributed by atoms with van der Waals surface area (Å²) >= 11 is 0. The van der Waals surface area contributed by atoms with Crippen molar-refractivity contribution in [2.75, 3.05) is 6.54 Å². The quantitative estimate of drug-likeness (QED) is 0.214. The molecule has 0 aromatic heterocycles. The van der Waals surface area contributed by atoms with Crippen LogP contribution in [0.15, 0.2) is 40.1 Å². The molecule has 3 saturated carbocycles. The first-order chi connectivity index (χ1) is 19.2. The SMILES string of the molecule is CCNC(=O)ON=C1C=C(C=O)C(CCC[C@]23CC[C@@H]4[C@@H](CCC5=CC(=O)CC[C@]54C)[C@@H]2CC[C@@H]3C(C)=O)=CC1. The molecule has 6 atom stereocenters. The summed E-state index contributed by atoms with van der Waals surface area (Å²) in [6.45, 7) is 6.45. The molecule has 1 N–H and O–H groups in total. The molecule has 216 valence electrons. The largest absolute Gasteiger partial charge is 0.433 e. The molecule has 0 unspecified atom stereocenters. The lowest BCUT2D eigenvalue weighted by molar-refractivity contribution is -0.130. The third kappa shape index (κ3) is 5.16. The summed E-state index contributed by atoms with van der Waals surface area (Å²) in [7, 11) is 0. The van der Waals surface area contributed by atoms with Crippen molar-refractivity contribution in [2.24, 2.45) is 39.7 Å². The molecule has 7 nitrogen and oxygen atoms in total. The normalized spacial score (nSPS) is 35.9. The molecular formula is C33H44N2O5. The Labute approximate surface area is 237 Å². The van der Waals surface area contributed by atoms with Crippen LogP contribution in [-0.2, 0) is 19.2 Å². The van der Waals surface area contributed by atoms with E-state index in [4.69, 9.17) is 4.84 Å². The molecule has 0 heterocycles. The standard InChI is InChI=1S/C33H44N2O5/c1-4-34-31(39)40-35-25-9-7-22(23(18-25)20-36)6-5-15-33-17-14-29-27(30(33)12-11-28(33)21(2)37)10-8-24-19-26(38)13-16-32(24,29)3/h7,18-20,27-30H,4-6,8-17H2,1-3H3,(H,34,39)/t27-,28-,29-,30+,32-,33-/m1/s1. The highest BCUT2D eigenvalue weighted by atomic mass is 16.7. The van der Waals surface area contributed by atoms with E-state index in [1.807, 2.05) is 12.2 Å². The van der Waals surface area contributed by atoms with Crippen molar-refractivity contribution in [2.45, 2.75) is 97.8 Å². The fourth-order valence-electron chi connectivity index (χ4n) is 9.44. The summed E-state index contributed by atoms with van der Waals surface area (Å²) in [5, 5.41) is 6.43. The molecule has 0 aliphatic heterocycles. The molecule has 0 bridgehead atoms. The number of hydrogen-bond donors (Lipinski definition) is 1. The van der Waals surface area contributed by atoms with Crippen LogP contribution in [0.1, 0.15) is 97.8 Å². The van der Waals surface area contributed by atoms with Gasteiger partial charge in [0.1, 0.15) is 12.1 Å². The number of oxime groups is 1. The molecule has 0 saturated heterocycles. The second kappa shape index (κ2) is 11.6. The van der Waals surface area contributed by atoms with Crippen LogP contribution < -0.4 is 5.32 Å². The summed E-state index contributed by atoms with van der Waals surface area (Å²) in [4.78, 5) is 53.5. The molecule has 5 aliphatic rings. The Hall–Kier alpha value is -2.83. The zero-order valence-electron chi connectivity index (χ0n) is 24.3. The van der Waals surface area contributed by atoms with Gasteiger partial charge in [0.2, 0.25) is 0 Å². The molecule has 1 amide bonds. The highest BCUT2D eigenvalue weighted by Gasteiger charge is 2.61. The average molecular weight is 549 g/mol. The Morgan fingerprint density at radius 3 is 2.70 bits per heavy atom. The van der Waals surface area contributed by atoms with Gasteiger partial charge < -0.3 is 5.32 Å². The summed E-state index contributed by atoms with van der Waals surface area (Å²) in [6, 6.07) is 0. The van der Waals surface area contributed by atoms with E-state index in [0.717, 1.165) is 76.1 Å². The fraction of sp³-hybridized carbons (Fsp3) is 0.667. The van der Waals surface area contributed by atoms with Crippen LogP contribution in [0, 0.1) is 34.5 Å². The molecule has 5 aliphatic carbocycles. The summed E-state index contributed by atoms with van der Waals surface area (Å²) in [6.07, 6.45) is 17.3. The van der Waals surface area contributed by atoms with Crippen LogP contribution in [0.25, 0.3) is 0 Å². The van der Waals surface area contributed by atoms with Gasteiger partial charge in [-0.2, -0.15) is 0 Å². The molecule has 0 aromatic rings. The lowest BCUT2D eigenvalue weighted by Crippen LogP contribution is -2.52. The second-order valence-electron chi connectivity index (χ2n) is 13.0. The Kier molecular flexibility index (Phi) is 8.30. The Morgan fingerprint density at radius 1 is 1.12 bits per heavy atom. The molecule has 0 radical (unpaired) electrons. The van der Waals surface area contributed by atoms with Crippen molar-refractivity contribution >= 4 is 29.7 Å². The molecule has 40 heavy (non-hydrogen) atoms. The van der Waals surface area contributed by atoms with E-state index in [2.05, 4.69) is 17.4 Å². The highest BCUT2D eigenvalue weighted by molar-refractivity contribution is 6.03. The monoisotopic (exact) mass is 548 g/mol. The van der Waals surface area contributed by atoms with Crippen LogP contribution in [0.5, 0.6) is 0 Å². The Morgan fingerprint density at radius 2 is 1.95 bits per heavy atom. The van der Waals surface area contributed by atoms with Gasteiger partial charge in [-0.1, -0.05) is 23.7 Å². The van der Waals surface area contributed by atoms with Crippen LogP contribution in [0.2, 0.25) is 0 Å². The minimum absolute atomic E-state index is 0.0441. The fourth-order valence-corrected chi connectivity index (χ4v) is 9.44. The van der Waals surface area contributed by atoms with E-state index in [9.17, 15) is 19.2 Å². The number of hydrogen-bond acceptors (Lipinski definition) is 6. The van der Waals surface area contributed by atoms with E-state index < -0.39 is 6.09 Å². The van der Waals surface area contributed by atoms with Gasteiger partial charge >= 0.3 is 6.09 Å². The first kappa shape index (κ1) is 28.7. The number of Topliss-reactive ketones (excluding diaryl/α,β-unsaturated/α-hetero) is 1. The number of rotatable bonds is 8. The predicted molar refractivity (Wildman–Crippen MR) is 153 cm³/mol. The zero-order chi connectivity index (χ0) is 28.5. The number of fused-ring (bicyclic) bond motifs is 5. The van der Waals surface area contributed by atoms with Crippen molar-refractivity contribution in [3.63, 3.8) is 0 Å². The zero-order valence-corrected chi connectivity index (χ0v) is 24.3. The minimum Gasteiger partial charge on any atom is -0.320 e. The number of ketones is 2. The van der Waals surface area contributed by atoms with Gasteiger partial charge in [-0.05, 0) is 124 Å². The van der Waals surface area contributed by atoms with Crippen molar-refractivity contribution in [3.8, 4) is 0 Å². The van der Waals surface area contributed by atoms with Crippen molar-refractivity contribution in [3.05, 3.63) is 34.9 Å².